The number of alkyl halides is 2. The molecule has 24 heavy (non-hydrogen) atoms. The van der Waals surface area contributed by atoms with E-state index in [1.165, 1.54) is 30.3 Å². The topological polar surface area (TPSA) is 29.5 Å². The van der Waals surface area contributed by atoms with Gasteiger partial charge in [0.1, 0.15) is 11.6 Å². The highest BCUT2D eigenvalue weighted by Crippen LogP contribution is 2.34. The van der Waals surface area contributed by atoms with E-state index in [2.05, 4.69) is 4.74 Å². The Hall–Kier alpha value is -2.50. The molecule has 0 radical (unpaired) electrons. The molecule has 0 saturated carbocycles. The van der Waals surface area contributed by atoms with E-state index in [1.807, 2.05) is 0 Å². The second-order valence-corrected chi connectivity index (χ2v) is 5.58. The summed E-state index contributed by atoms with van der Waals surface area (Å²) >= 11 is 0. The summed E-state index contributed by atoms with van der Waals surface area (Å²) < 4.78 is 42.6. The Labute approximate surface area is 137 Å². The third kappa shape index (κ3) is 3.37. The lowest BCUT2D eigenvalue weighted by molar-refractivity contribution is -0.0502. The van der Waals surface area contributed by atoms with Gasteiger partial charge in [-0.15, -0.1) is 0 Å². The summed E-state index contributed by atoms with van der Waals surface area (Å²) in [5, 5.41) is 0. The van der Waals surface area contributed by atoms with Gasteiger partial charge in [0.05, 0.1) is 11.6 Å². The third-order valence-corrected chi connectivity index (χ3v) is 4.10. The summed E-state index contributed by atoms with van der Waals surface area (Å²) in [6, 6.07) is 11.8. The average Bonchev–Trinajstić information content (AvgIpc) is 3.04. The van der Waals surface area contributed by atoms with E-state index in [0.717, 1.165) is 18.4 Å². The number of para-hydroxylation sites is 1. The largest absolute Gasteiger partial charge is 0.434 e. The molecule has 2 aromatic carbocycles. The van der Waals surface area contributed by atoms with Crippen LogP contribution in [0, 0.1) is 5.82 Å². The van der Waals surface area contributed by atoms with Gasteiger partial charge in [0.15, 0.2) is 0 Å². The molecule has 126 valence electrons. The summed E-state index contributed by atoms with van der Waals surface area (Å²) in [6.07, 6.45) is 1.54. The van der Waals surface area contributed by atoms with Crippen LogP contribution in [0.3, 0.4) is 0 Å². The van der Waals surface area contributed by atoms with Crippen molar-refractivity contribution in [1.29, 1.82) is 0 Å². The van der Waals surface area contributed by atoms with Gasteiger partial charge in [-0.2, -0.15) is 8.78 Å². The SMILES string of the molecule is O=C(c1ccccc1OC(F)F)N1CCC[C@H]1c1ccc(F)cc1. The van der Waals surface area contributed by atoms with Gasteiger partial charge in [-0.05, 0) is 42.7 Å². The lowest BCUT2D eigenvalue weighted by atomic mass is 10.0. The molecule has 3 rings (SSSR count). The van der Waals surface area contributed by atoms with Crippen molar-refractivity contribution >= 4 is 5.91 Å². The molecule has 3 nitrogen and oxygen atoms in total. The van der Waals surface area contributed by atoms with Gasteiger partial charge in [-0.3, -0.25) is 4.79 Å². The highest BCUT2D eigenvalue weighted by Gasteiger charge is 2.32. The number of ether oxygens (including phenoxy) is 1. The normalized spacial score (nSPS) is 17.3. The van der Waals surface area contributed by atoms with E-state index >= 15 is 0 Å². The number of carbonyl (C=O) groups excluding carboxylic acids is 1. The fourth-order valence-electron chi connectivity index (χ4n) is 3.04. The predicted octanol–water partition coefficient (Wildman–Crippen LogP) is 4.40. The monoisotopic (exact) mass is 335 g/mol. The van der Waals surface area contributed by atoms with Crippen LogP contribution in [0.25, 0.3) is 0 Å². The van der Waals surface area contributed by atoms with Gasteiger partial charge >= 0.3 is 6.61 Å². The summed E-state index contributed by atoms with van der Waals surface area (Å²) in [7, 11) is 0. The van der Waals surface area contributed by atoms with Crippen LogP contribution in [-0.4, -0.2) is 24.0 Å². The Morgan fingerprint density at radius 2 is 1.83 bits per heavy atom. The zero-order valence-corrected chi connectivity index (χ0v) is 12.8. The molecule has 1 saturated heterocycles. The van der Waals surface area contributed by atoms with Crippen molar-refractivity contribution in [1.82, 2.24) is 4.90 Å². The van der Waals surface area contributed by atoms with Crippen LogP contribution < -0.4 is 4.74 Å². The van der Waals surface area contributed by atoms with E-state index < -0.39 is 6.61 Å². The van der Waals surface area contributed by atoms with Crippen molar-refractivity contribution < 1.29 is 22.7 Å². The minimum Gasteiger partial charge on any atom is -0.434 e. The molecule has 0 bridgehead atoms. The molecule has 0 aliphatic carbocycles. The maximum absolute atomic E-state index is 13.1. The van der Waals surface area contributed by atoms with Gasteiger partial charge in [0.25, 0.3) is 5.91 Å². The Morgan fingerprint density at radius 1 is 1.12 bits per heavy atom. The molecule has 0 spiro atoms. The molecule has 1 aliphatic rings. The van der Waals surface area contributed by atoms with Crippen LogP contribution in [0.1, 0.15) is 34.8 Å². The summed E-state index contributed by atoms with van der Waals surface area (Å²) in [6.45, 7) is -2.48. The molecule has 1 amide bonds. The Morgan fingerprint density at radius 3 is 2.54 bits per heavy atom. The van der Waals surface area contributed by atoms with Gasteiger partial charge in [-0.25, -0.2) is 4.39 Å². The third-order valence-electron chi connectivity index (χ3n) is 4.10. The number of nitrogens with zero attached hydrogens (tertiary/aromatic N) is 1. The summed E-state index contributed by atoms with van der Waals surface area (Å²) in [5.74, 6) is -0.842. The summed E-state index contributed by atoms with van der Waals surface area (Å²) in [5.41, 5.74) is 0.932. The second-order valence-electron chi connectivity index (χ2n) is 5.58. The number of likely N-dealkylation sites (tertiary alicyclic amines) is 1. The zero-order chi connectivity index (χ0) is 17.1. The van der Waals surface area contributed by atoms with Gasteiger partial charge in [0, 0.05) is 6.54 Å². The molecule has 0 unspecified atom stereocenters. The van der Waals surface area contributed by atoms with Crippen LogP contribution in [0.4, 0.5) is 13.2 Å². The number of benzene rings is 2. The first-order valence-electron chi connectivity index (χ1n) is 7.66. The van der Waals surface area contributed by atoms with Crippen LogP contribution in [0.2, 0.25) is 0 Å². The van der Waals surface area contributed by atoms with Crippen molar-refractivity contribution in [3.63, 3.8) is 0 Å². The molecule has 1 heterocycles. The quantitative estimate of drug-likeness (QED) is 0.828. The molecule has 6 heteroatoms. The van der Waals surface area contributed by atoms with Gasteiger partial charge in [-0.1, -0.05) is 24.3 Å². The predicted molar refractivity (Wildman–Crippen MR) is 82.5 cm³/mol. The zero-order valence-electron chi connectivity index (χ0n) is 12.8. The second kappa shape index (κ2) is 6.95. The highest BCUT2D eigenvalue weighted by molar-refractivity contribution is 5.97. The first-order chi connectivity index (χ1) is 11.6. The molecule has 1 aliphatic heterocycles. The molecule has 2 aromatic rings. The lowest BCUT2D eigenvalue weighted by Gasteiger charge is -2.26. The fourth-order valence-corrected chi connectivity index (χ4v) is 3.04. The molecular weight excluding hydrogens is 319 g/mol. The van der Waals surface area contributed by atoms with E-state index in [9.17, 15) is 18.0 Å². The number of rotatable bonds is 4. The molecule has 1 atom stereocenters. The Kier molecular flexibility index (Phi) is 4.74. The average molecular weight is 335 g/mol. The maximum atomic E-state index is 13.1. The fraction of sp³-hybridized carbons (Fsp3) is 0.278. The number of halogens is 3. The lowest BCUT2D eigenvalue weighted by Crippen LogP contribution is -2.31. The minimum absolute atomic E-state index is 0.104. The van der Waals surface area contributed by atoms with Crippen LogP contribution in [0.15, 0.2) is 48.5 Å². The Bertz CT molecular complexity index is 718. The number of hydrogen-bond acceptors (Lipinski definition) is 2. The number of amides is 1. The number of carbonyl (C=O) groups is 1. The van der Waals surface area contributed by atoms with Crippen molar-refractivity contribution in [3.05, 3.63) is 65.5 Å². The molecule has 0 aromatic heterocycles. The molecular formula is C18H16F3NO2. The number of hydrogen-bond donors (Lipinski definition) is 0. The highest BCUT2D eigenvalue weighted by atomic mass is 19.3. The van der Waals surface area contributed by atoms with E-state index in [1.54, 1.807) is 23.1 Å². The van der Waals surface area contributed by atoms with Gasteiger partial charge < -0.3 is 9.64 Å². The van der Waals surface area contributed by atoms with Crippen LogP contribution in [0.5, 0.6) is 5.75 Å². The molecule has 0 N–H and O–H groups in total. The van der Waals surface area contributed by atoms with Crippen LogP contribution in [-0.2, 0) is 0 Å². The smallest absolute Gasteiger partial charge is 0.387 e. The minimum atomic E-state index is -2.99. The van der Waals surface area contributed by atoms with E-state index in [-0.39, 0.29) is 29.1 Å². The first-order valence-corrected chi connectivity index (χ1v) is 7.66. The van der Waals surface area contributed by atoms with Gasteiger partial charge in [0.2, 0.25) is 0 Å². The van der Waals surface area contributed by atoms with Crippen molar-refractivity contribution in [2.24, 2.45) is 0 Å². The standard InChI is InChI=1S/C18H16F3NO2/c19-13-9-7-12(8-10-13)15-5-3-11-22(15)17(23)14-4-1-2-6-16(14)24-18(20)21/h1-2,4,6-10,15,18H,3,5,11H2/t15-/m0/s1. The summed E-state index contributed by atoms with van der Waals surface area (Å²) in [4.78, 5) is 14.5. The van der Waals surface area contributed by atoms with E-state index in [4.69, 9.17) is 0 Å². The van der Waals surface area contributed by atoms with Crippen molar-refractivity contribution in [2.45, 2.75) is 25.5 Å². The van der Waals surface area contributed by atoms with Crippen molar-refractivity contribution in [3.8, 4) is 5.75 Å². The maximum Gasteiger partial charge on any atom is 0.387 e. The first kappa shape index (κ1) is 16.4. The Balaban J connectivity index is 1.87. The van der Waals surface area contributed by atoms with E-state index in [0.29, 0.717) is 6.54 Å². The van der Waals surface area contributed by atoms with Crippen molar-refractivity contribution in [2.75, 3.05) is 6.54 Å². The molecule has 1 fully saturated rings. The van der Waals surface area contributed by atoms with Crippen LogP contribution >= 0.6 is 0 Å².